The highest BCUT2D eigenvalue weighted by molar-refractivity contribution is 6.23. The van der Waals surface area contributed by atoms with Gasteiger partial charge in [0.15, 0.2) is 0 Å². The first-order chi connectivity index (χ1) is 8.58. The lowest BCUT2D eigenvalue weighted by molar-refractivity contribution is -0.384. The Labute approximate surface area is 109 Å². The van der Waals surface area contributed by atoms with Crippen LogP contribution >= 0.6 is 11.6 Å². The molecule has 0 radical (unpaired) electrons. The Morgan fingerprint density at radius 1 is 1.44 bits per heavy atom. The molecule has 0 saturated heterocycles. The summed E-state index contributed by atoms with van der Waals surface area (Å²) in [6, 6.07) is 5.82. The maximum absolute atomic E-state index is 11.5. The van der Waals surface area contributed by atoms with Crippen molar-refractivity contribution >= 4 is 29.3 Å². The molecule has 0 spiro atoms. The molecule has 1 rings (SSSR count). The molecule has 1 aromatic rings. The van der Waals surface area contributed by atoms with Crippen LogP contribution in [0.1, 0.15) is 12.5 Å². The van der Waals surface area contributed by atoms with Crippen LogP contribution in [0.4, 0.5) is 5.69 Å². The lowest BCUT2D eigenvalue weighted by atomic mass is 10.1. The van der Waals surface area contributed by atoms with Gasteiger partial charge in [-0.05, 0) is 30.7 Å². The van der Waals surface area contributed by atoms with Crippen molar-refractivity contribution in [3.8, 4) is 0 Å². The van der Waals surface area contributed by atoms with Crippen LogP contribution in [0, 0.1) is 10.1 Å². The molecule has 0 aromatic heterocycles. The average Bonchev–Trinajstić information content (AvgIpc) is 2.36. The summed E-state index contributed by atoms with van der Waals surface area (Å²) in [6.07, 6.45) is 1.55. The summed E-state index contributed by atoms with van der Waals surface area (Å²) in [5, 5.41) is 10.5. The predicted molar refractivity (Wildman–Crippen MR) is 68.4 cm³/mol. The summed E-state index contributed by atoms with van der Waals surface area (Å²) in [4.78, 5) is 21.5. The first-order valence-corrected chi connectivity index (χ1v) is 5.80. The highest BCUT2D eigenvalue weighted by atomic mass is 35.5. The van der Waals surface area contributed by atoms with Crippen LogP contribution in [-0.2, 0) is 9.53 Å². The van der Waals surface area contributed by atoms with E-state index in [1.54, 1.807) is 25.1 Å². The second-order valence-corrected chi connectivity index (χ2v) is 3.64. The minimum Gasteiger partial charge on any atom is -0.463 e. The van der Waals surface area contributed by atoms with Crippen LogP contribution in [0.3, 0.4) is 0 Å². The van der Waals surface area contributed by atoms with E-state index >= 15 is 0 Å². The molecule has 5 nitrogen and oxygen atoms in total. The molecule has 0 aliphatic heterocycles. The number of hydrogen-bond donors (Lipinski definition) is 0. The van der Waals surface area contributed by atoms with E-state index in [9.17, 15) is 14.9 Å². The van der Waals surface area contributed by atoms with E-state index in [0.29, 0.717) is 11.1 Å². The molecule has 0 unspecified atom stereocenters. The minimum absolute atomic E-state index is 0.00397. The Bertz CT molecular complexity index is 467. The molecule has 0 aliphatic carbocycles. The molecule has 0 atom stereocenters. The van der Waals surface area contributed by atoms with Gasteiger partial charge in [-0.3, -0.25) is 10.1 Å². The molecule has 0 fully saturated rings. The second kappa shape index (κ2) is 6.76. The molecular weight excluding hydrogens is 258 g/mol. The van der Waals surface area contributed by atoms with E-state index in [4.69, 9.17) is 16.3 Å². The molecule has 0 saturated carbocycles. The number of hydrogen-bond acceptors (Lipinski definition) is 4. The Hall–Kier alpha value is -1.88. The van der Waals surface area contributed by atoms with Crippen LogP contribution < -0.4 is 0 Å². The normalized spacial score (nSPS) is 11.1. The molecule has 0 amide bonds. The van der Waals surface area contributed by atoms with E-state index in [-0.39, 0.29) is 18.2 Å². The third-order valence-corrected chi connectivity index (χ3v) is 2.41. The molecule has 0 aliphatic rings. The fraction of sp³-hybridized carbons (Fsp3) is 0.250. The number of carbonyl (C=O) groups is 1. The smallest absolute Gasteiger partial charge is 0.335 e. The van der Waals surface area contributed by atoms with Crippen molar-refractivity contribution in [2.75, 3.05) is 12.5 Å². The fourth-order valence-electron chi connectivity index (χ4n) is 1.27. The van der Waals surface area contributed by atoms with Crippen molar-refractivity contribution in [2.24, 2.45) is 0 Å². The largest absolute Gasteiger partial charge is 0.463 e. The van der Waals surface area contributed by atoms with Crippen LogP contribution in [0.5, 0.6) is 0 Å². The lowest BCUT2D eigenvalue weighted by Crippen LogP contribution is -2.08. The third-order valence-electron chi connectivity index (χ3n) is 2.13. The highest BCUT2D eigenvalue weighted by Crippen LogP contribution is 2.15. The lowest BCUT2D eigenvalue weighted by Gasteiger charge is -2.03. The van der Waals surface area contributed by atoms with E-state index in [2.05, 4.69) is 0 Å². The number of halogens is 1. The molecule has 6 heteroatoms. The minimum atomic E-state index is -0.485. The van der Waals surface area contributed by atoms with Gasteiger partial charge >= 0.3 is 5.97 Å². The number of rotatable bonds is 5. The maximum atomic E-state index is 11.5. The molecular formula is C12H12ClNO4. The van der Waals surface area contributed by atoms with Gasteiger partial charge in [0.2, 0.25) is 0 Å². The number of nitro benzene ring substituents is 1. The predicted octanol–water partition coefficient (Wildman–Crippen LogP) is 2.78. The summed E-state index contributed by atoms with van der Waals surface area (Å²) in [5.41, 5.74) is 0.965. The van der Waals surface area contributed by atoms with E-state index in [1.807, 2.05) is 0 Å². The van der Waals surface area contributed by atoms with Gasteiger partial charge in [0.1, 0.15) is 0 Å². The van der Waals surface area contributed by atoms with Gasteiger partial charge in [0, 0.05) is 12.1 Å². The van der Waals surface area contributed by atoms with Crippen LogP contribution in [0.2, 0.25) is 0 Å². The van der Waals surface area contributed by atoms with E-state index in [0.717, 1.165) is 0 Å². The molecule has 0 N–H and O–H groups in total. The summed E-state index contributed by atoms with van der Waals surface area (Å²) in [5.74, 6) is -0.457. The number of non-ortho nitro benzene ring substituents is 1. The van der Waals surface area contributed by atoms with Crippen LogP contribution in [0.15, 0.2) is 29.8 Å². The SMILES string of the molecule is CCOC(=O)/C(=C/c1ccc([N+](=O)[O-])cc1)CCl. The Morgan fingerprint density at radius 2 is 2.06 bits per heavy atom. The first kappa shape index (κ1) is 14.2. The number of benzene rings is 1. The fourth-order valence-corrected chi connectivity index (χ4v) is 1.46. The van der Waals surface area contributed by atoms with Gasteiger partial charge < -0.3 is 4.74 Å². The van der Waals surface area contributed by atoms with Crippen molar-refractivity contribution in [3.63, 3.8) is 0 Å². The van der Waals surface area contributed by atoms with Crippen LogP contribution in [-0.4, -0.2) is 23.4 Å². The Morgan fingerprint density at radius 3 is 2.50 bits per heavy atom. The third kappa shape index (κ3) is 3.85. The summed E-state index contributed by atoms with van der Waals surface area (Å²) >= 11 is 5.65. The quantitative estimate of drug-likeness (QED) is 0.271. The Balaban J connectivity index is 2.92. The summed E-state index contributed by atoms with van der Waals surface area (Å²) in [6.45, 7) is 1.98. The van der Waals surface area contributed by atoms with Gasteiger partial charge in [-0.25, -0.2) is 4.79 Å². The van der Waals surface area contributed by atoms with Crippen LogP contribution in [0.25, 0.3) is 6.08 Å². The second-order valence-electron chi connectivity index (χ2n) is 3.37. The molecule has 96 valence electrons. The topological polar surface area (TPSA) is 69.4 Å². The number of nitro groups is 1. The summed E-state index contributed by atoms with van der Waals surface area (Å²) in [7, 11) is 0. The number of nitrogens with zero attached hydrogens (tertiary/aromatic N) is 1. The zero-order valence-electron chi connectivity index (χ0n) is 9.76. The first-order valence-electron chi connectivity index (χ1n) is 5.26. The zero-order chi connectivity index (χ0) is 13.5. The van der Waals surface area contributed by atoms with Gasteiger partial charge in [0.05, 0.1) is 23.0 Å². The van der Waals surface area contributed by atoms with Crippen molar-refractivity contribution in [1.82, 2.24) is 0 Å². The van der Waals surface area contributed by atoms with Crippen molar-refractivity contribution in [3.05, 3.63) is 45.5 Å². The standard InChI is InChI=1S/C12H12ClNO4/c1-2-18-12(15)10(8-13)7-9-3-5-11(6-4-9)14(16)17/h3-7H,2,8H2,1H3/b10-7+. The monoisotopic (exact) mass is 269 g/mol. The molecule has 1 aromatic carbocycles. The number of ether oxygens (including phenoxy) is 1. The summed E-state index contributed by atoms with van der Waals surface area (Å²) < 4.78 is 4.83. The van der Waals surface area contributed by atoms with E-state index < -0.39 is 10.9 Å². The maximum Gasteiger partial charge on any atom is 0.335 e. The van der Waals surface area contributed by atoms with Gasteiger partial charge in [-0.15, -0.1) is 11.6 Å². The zero-order valence-corrected chi connectivity index (χ0v) is 10.5. The van der Waals surface area contributed by atoms with Gasteiger partial charge in [0.25, 0.3) is 5.69 Å². The number of alkyl halides is 1. The number of esters is 1. The number of carbonyl (C=O) groups excluding carboxylic acids is 1. The molecule has 0 bridgehead atoms. The van der Waals surface area contributed by atoms with Gasteiger partial charge in [-0.1, -0.05) is 0 Å². The molecule has 18 heavy (non-hydrogen) atoms. The Kier molecular flexibility index (Phi) is 5.32. The van der Waals surface area contributed by atoms with Crippen molar-refractivity contribution < 1.29 is 14.5 Å². The van der Waals surface area contributed by atoms with Gasteiger partial charge in [-0.2, -0.15) is 0 Å². The molecule has 0 heterocycles. The van der Waals surface area contributed by atoms with Crippen molar-refractivity contribution in [2.45, 2.75) is 6.92 Å². The van der Waals surface area contributed by atoms with E-state index in [1.165, 1.54) is 12.1 Å². The average molecular weight is 270 g/mol. The van der Waals surface area contributed by atoms with Crippen molar-refractivity contribution in [1.29, 1.82) is 0 Å². The highest BCUT2D eigenvalue weighted by Gasteiger charge is 2.10.